The summed E-state index contributed by atoms with van der Waals surface area (Å²) in [6, 6.07) is 19.6. The zero-order chi connectivity index (χ0) is 33.3. The maximum atomic E-state index is 2.59. The third kappa shape index (κ3) is 5.59. The minimum Gasteiger partial charge on any atom is -0.144 e. The van der Waals surface area contributed by atoms with Gasteiger partial charge in [-0.15, -0.1) is 68.0 Å². The topological polar surface area (TPSA) is 0 Å². The minimum atomic E-state index is -1.62. The Kier molecular flexibility index (Phi) is 9.98. The molecule has 0 bridgehead atoms. The van der Waals surface area contributed by atoms with Crippen LogP contribution in [0.5, 0.6) is 0 Å². The highest BCUT2D eigenvalue weighted by Crippen LogP contribution is 2.49. The van der Waals surface area contributed by atoms with Crippen molar-refractivity contribution in [1.29, 1.82) is 0 Å². The van der Waals surface area contributed by atoms with E-state index in [0.29, 0.717) is 0 Å². The molecule has 0 fully saturated rings. The van der Waals surface area contributed by atoms with Crippen LogP contribution in [-0.4, -0.2) is 16.1 Å². The second kappa shape index (κ2) is 13.1. The highest BCUT2D eigenvalue weighted by molar-refractivity contribution is 7.38. The van der Waals surface area contributed by atoms with Crippen LogP contribution in [0.2, 0.25) is 33.2 Å². The summed E-state index contributed by atoms with van der Waals surface area (Å²) < 4.78 is 9.23. The van der Waals surface area contributed by atoms with Crippen LogP contribution in [0.1, 0.15) is 83.1 Å². The number of fused-ring (bicyclic) bond motifs is 2. The Morgan fingerprint density at radius 2 is 0.652 bits per heavy atom. The Labute approximate surface area is 303 Å². The fraction of sp³-hybridized carbons (Fsp3) is 0.474. The van der Waals surface area contributed by atoms with Gasteiger partial charge in [0.25, 0.3) is 0 Å². The summed E-state index contributed by atoms with van der Waals surface area (Å²) in [4.78, 5) is 8.53. The van der Waals surface area contributed by atoms with Crippen molar-refractivity contribution < 1.29 is 0 Å². The van der Waals surface area contributed by atoms with E-state index < -0.39 is 16.1 Å². The first-order valence-corrected chi connectivity index (χ1v) is 26.4. The van der Waals surface area contributed by atoms with Gasteiger partial charge in [0.05, 0.1) is 0 Å². The average molecular weight is 755 g/mol. The molecule has 0 amide bonds. The van der Waals surface area contributed by atoms with E-state index in [0.717, 1.165) is 33.2 Å². The molecule has 0 saturated heterocycles. The number of hydrogen-bond donors (Lipinski definition) is 0. The first kappa shape index (κ1) is 35.0. The molecule has 0 aliphatic rings. The van der Waals surface area contributed by atoms with Crippen molar-refractivity contribution in [3.63, 3.8) is 0 Å². The van der Waals surface area contributed by atoms with Gasteiger partial charge in [0.2, 0.25) is 0 Å². The van der Waals surface area contributed by atoms with E-state index in [9.17, 15) is 0 Å². The molecule has 6 aromatic rings. The third-order valence-corrected chi connectivity index (χ3v) is 34.1. The summed E-state index contributed by atoms with van der Waals surface area (Å²) in [6.45, 7) is 29.7. The largest absolute Gasteiger partial charge is 0.144 e. The zero-order valence-electron chi connectivity index (χ0n) is 29.5. The van der Waals surface area contributed by atoms with Crippen molar-refractivity contribution in [2.45, 2.75) is 116 Å². The summed E-state index contributed by atoms with van der Waals surface area (Å²) in [6.07, 6.45) is 0. The van der Waals surface area contributed by atoms with Gasteiger partial charge in [0, 0.05) is 48.1 Å². The van der Waals surface area contributed by atoms with Crippen LogP contribution < -0.4 is 9.00 Å². The Morgan fingerprint density at radius 1 is 0.326 bits per heavy atom. The van der Waals surface area contributed by atoms with Crippen molar-refractivity contribution in [2.75, 3.05) is 0 Å². The zero-order valence-corrected chi connectivity index (χ0v) is 36.4. The molecule has 246 valence electrons. The lowest BCUT2D eigenvalue weighted by molar-refractivity contribution is 0.837. The van der Waals surface area contributed by atoms with Gasteiger partial charge in [-0.25, -0.2) is 0 Å². The van der Waals surface area contributed by atoms with Gasteiger partial charge in [-0.05, 0) is 84.7 Å². The van der Waals surface area contributed by atoms with Crippen molar-refractivity contribution in [3.05, 3.63) is 48.5 Å². The van der Waals surface area contributed by atoms with Crippen LogP contribution in [0.25, 0.3) is 48.1 Å². The average Bonchev–Trinajstić information content (AvgIpc) is 3.76. The summed E-state index contributed by atoms with van der Waals surface area (Å²) in [5, 5.41) is 0. The Balaban J connectivity index is 1.25. The fourth-order valence-electron chi connectivity index (χ4n) is 9.26. The first-order chi connectivity index (χ1) is 21.7. The van der Waals surface area contributed by atoms with Crippen LogP contribution in [0.4, 0.5) is 0 Å². The molecule has 0 N–H and O–H groups in total. The molecule has 0 aliphatic heterocycles. The van der Waals surface area contributed by atoms with Gasteiger partial charge < -0.3 is 0 Å². The van der Waals surface area contributed by atoms with Gasteiger partial charge >= 0.3 is 0 Å². The fourth-order valence-corrected chi connectivity index (χ4v) is 34.4. The lowest BCUT2D eigenvalue weighted by Crippen LogP contribution is -2.54. The lowest BCUT2D eigenvalue weighted by Gasteiger charge is -2.42. The number of hydrogen-bond acceptors (Lipinski definition) is 6. The summed E-state index contributed by atoms with van der Waals surface area (Å²) in [7, 11) is -3.23. The first-order valence-electron chi connectivity index (χ1n) is 17.0. The van der Waals surface area contributed by atoms with E-state index in [1.807, 2.05) is 45.3 Å². The van der Waals surface area contributed by atoms with E-state index in [1.54, 1.807) is 9.00 Å². The van der Waals surface area contributed by atoms with Gasteiger partial charge in [-0.2, -0.15) is 0 Å². The molecule has 6 heterocycles. The molecular weight excluding hydrogens is 705 g/mol. The molecule has 6 rings (SSSR count). The molecule has 8 heteroatoms. The highest BCUT2D eigenvalue weighted by atomic mass is 32.1. The predicted molar refractivity (Wildman–Crippen MR) is 226 cm³/mol. The van der Waals surface area contributed by atoms with Crippen LogP contribution in [-0.2, 0) is 0 Å². The molecule has 0 radical (unpaired) electrons. The van der Waals surface area contributed by atoms with Crippen LogP contribution in [0.3, 0.4) is 0 Å². The Hall–Kier alpha value is -0.846. The standard InChI is InChI=1S/C38H50S6Si2/c1-21(2)45(22(3)4,23(5)6)37-16-15-29(43-37)32-18-34-33(41-32)17-30(40-34)27-13-14-28(39-27)31-19-35-36(42-31)20-38(44-35)46(24(7)8,25(9)10)26(11)12/h13-26H,1-12H3. The number of thiophene rings is 6. The molecule has 0 nitrogen and oxygen atoms in total. The molecule has 0 spiro atoms. The smallest absolute Gasteiger partial charge is 0.107 e. The van der Waals surface area contributed by atoms with E-state index >= 15 is 0 Å². The molecule has 0 aliphatic carbocycles. The van der Waals surface area contributed by atoms with Gasteiger partial charge in [0.15, 0.2) is 0 Å². The maximum absolute atomic E-state index is 2.59. The molecule has 0 saturated carbocycles. The Bertz CT molecular complexity index is 1840. The van der Waals surface area contributed by atoms with Crippen molar-refractivity contribution >= 4 is 112 Å². The summed E-state index contributed by atoms with van der Waals surface area (Å²) in [5.41, 5.74) is 4.48. The van der Waals surface area contributed by atoms with Gasteiger partial charge in [-0.1, -0.05) is 89.2 Å². The lowest BCUT2D eigenvalue weighted by atomic mass is 10.3. The summed E-state index contributed by atoms with van der Waals surface area (Å²) in [5.74, 6) is 0. The van der Waals surface area contributed by atoms with Crippen LogP contribution in [0, 0.1) is 0 Å². The Morgan fingerprint density at radius 3 is 1.04 bits per heavy atom. The quantitative estimate of drug-likeness (QED) is 0.116. The van der Waals surface area contributed by atoms with Crippen molar-refractivity contribution in [2.24, 2.45) is 0 Å². The maximum Gasteiger partial charge on any atom is 0.107 e. The third-order valence-electron chi connectivity index (χ3n) is 10.9. The minimum absolute atomic E-state index is 0.743. The number of rotatable bonds is 11. The normalized spacial score (nSPS) is 13.5. The van der Waals surface area contributed by atoms with E-state index in [2.05, 4.69) is 154 Å². The monoisotopic (exact) mass is 754 g/mol. The molecule has 6 aromatic heterocycles. The van der Waals surface area contributed by atoms with Crippen LogP contribution in [0.15, 0.2) is 48.5 Å². The van der Waals surface area contributed by atoms with E-state index in [-0.39, 0.29) is 0 Å². The summed E-state index contributed by atoms with van der Waals surface area (Å²) >= 11 is 12.1. The van der Waals surface area contributed by atoms with Crippen molar-refractivity contribution in [1.82, 2.24) is 0 Å². The van der Waals surface area contributed by atoms with E-state index in [4.69, 9.17) is 0 Å². The highest BCUT2D eigenvalue weighted by Gasteiger charge is 2.46. The SMILES string of the molecule is CC(C)[Si](c1ccc(-c2cc3sc(-c4ccc(-c5cc6sc([Si](C(C)C)(C(C)C)C(C)C)cc6s5)s4)cc3s2)s1)(C(C)C)C(C)C. The van der Waals surface area contributed by atoms with Crippen molar-refractivity contribution in [3.8, 4) is 29.3 Å². The van der Waals surface area contributed by atoms with Crippen LogP contribution >= 0.6 is 68.0 Å². The molecule has 0 unspecified atom stereocenters. The molecule has 0 atom stereocenters. The van der Waals surface area contributed by atoms with Gasteiger partial charge in [0.1, 0.15) is 16.1 Å². The molecular formula is C38H50S6Si2. The predicted octanol–water partition coefficient (Wildman–Crippen LogP) is 15.1. The van der Waals surface area contributed by atoms with E-state index in [1.165, 1.54) is 48.1 Å². The van der Waals surface area contributed by atoms with Gasteiger partial charge in [-0.3, -0.25) is 0 Å². The second-order valence-electron chi connectivity index (χ2n) is 15.0. The molecule has 46 heavy (non-hydrogen) atoms. The second-order valence-corrected chi connectivity index (χ2v) is 34.0. The molecule has 0 aromatic carbocycles.